The molecule has 0 radical (unpaired) electrons. The van der Waals surface area contributed by atoms with Crippen molar-refractivity contribution in [2.45, 2.75) is 11.4 Å². The van der Waals surface area contributed by atoms with Crippen LogP contribution in [0.15, 0.2) is 33.9 Å². The second-order valence-electron chi connectivity index (χ2n) is 3.72. The molecule has 1 aromatic carbocycles. The molecule has 0 bridgehead atoms. The summed E-state index contributed by atoms with van der Waals surface area (Å²) in [6, 6.07) is 4.17. The lowest BCUT2D eigenvalue weighted by atomic mass is 10.1. The fourth-order valence-corrected chi connectivity index (χ4v) is 1.72. The van der Waals surface area contributed by atoms with Crippen molar-refractivity contribution < 1.29 is 26.0 Å². The molecule has 1 heterocycles. The fraction of sp³-hybridized carbons (Fsp3) is 0.200. The maximum absolute atomic E-state index is 12.5. The van der Waals surface area contributed by atoms with Crippen LogP contribution >= 0.6 is 0 Å². The third kappa shape index (κ3) is 2.92. The highest BCUT2D eigenvalue weighted by Crippen LogP contribution is 2.31. The van der Waals surface area contributed by atoms with Gasteiger partial charge in [0.25, 0.3) is 0 Å². The Morgan fingerprint density at radius 3 is 2.42 bits per heavy atom. The van der Waals surface area contributed by atoms with Crippen LogP contribution in [0.3, 0.4) is 0 Å². The molecule has 102 valence electrons. The summed E-state index contributed by atoms with van der Waals surface area (Å²) in [5, 5.41) is 6.04. The maximum atomic E-state index is 12.5. The number of benzene rings is 1. The highest BCUT2D eigenvalue weighted by molar-refractivity contribution is 7.90. The summed E-state index contributed by atoms with van der Waals surface area (Å²) in [7, 11) is -3.69. The topological polar surface area (TPSA) is 73.1 Å². The minimum atomic E-state index is -4.50. The lowest BCUT2D eigenvalue weighted by Crippen LogP contribution is -2.04. The standard InChI is InChI=1S/C10H7F3N2O3S/c1-19(16,17)9-15-14-8(18-9)6-3-2-4-7(5-6)10(11,12)13/h2-5H,1H3. The molecule has 0 aliphatic carbocycles. The number of hydrogen-bond donors (Lipinski definition) is 0. The highest BCUT2D eigenvalue weighted by atomic mass is 32.2. The summed E-state index contributed by atoms with van der Waals surface area (Å²) in [5.41, 5.74) is -0.888. The van der Waals surface area contributed by atoms with Gasteiger partial charge in [0.15, 0.2) is 0 Å². The normalized spacial score (nSPS) is 12.6. The van der Waals surface area contributed by atoms with Crippen LogP contribution in [0, 0.1) is 0 Å². The third-order valence-corrected chi connectivity index (χ3v) is 2.96. The number of hydrogen-bond acceptors (Lipinski definition) is 5. The zero-order chi connectivity index (χ0) is 14.3. The van der Waals surface area contributed by atoms with Crippen LogP contribution in [-0.4, -0.2) is 24.9 Å². The van der Waals surface area contributed by atoms with Gasteiger partial charge in [0.2, 0.25) is 15.7 Å². The van der Waals surface area contributed by atoms with Crippen molar-refractivity contribution in [2.75, 3.05) is 6.26 Å². The molecule has 0 aliphatic rings. The Morgan fingerprint density at radius 1 is 1.21 bits per heavy atom. The van der Waals surface area contributed by atoms with Crippen LogP contribution in [-0.2, 0) is 16.0 Å². The molecule has 0 spiro atoms. The summed E-state index contributed by atoms with van der Waals surface area (Å²) < 4.78 is 64.6. The van der Waals surface area contributed by atoms with Crippen LogP contribution in [0.5, 0.6) is 0 Å². The molecule has 0 amide bonds. The van der Waals surface area contributed by atoms with Gasteiger partial charge in [-0.25, -0.2) is 8.42 Å². The monoisotopic (exact) mass is 292 g/mol. The van der Waals surface area contributed by atoms with Gasteiger partial charge in [-0.15, -0.1) is 5.10 Å². The van der Waals surface area contributed by atoms with Crippen LogP contribution in [0.2, 0.25) is 0 Å². The summed E-state index contributed by atoms with van der Waals surface area (Å²) in [6.07, 6.45) is -3.65. The molecule has 1 aromatic heterocycles. The van der Waals surface area contributed by atoms with Gasteiger partial charge in [-0.3, -0.25) is 0 Å². The van der Waals surface area contributed by atoms with Crippen molar-refractivity contribution in [3.05, 3.63) is 29.8 Å². The Labute approximate surface area is 106 Å². The van der Waals surface area contributed by atoms with E-state index in [0.717, 1.165) is 18.4 Å². The molecule has 19 heavy (non-hydrogen) atoms. The quantitative estimate of drug-likeness (QED) is 0.848. The van der Waals surface area contributed by atoms with E-state index in [1.807, 2.05) is 0 Å². The molecule has 2 rings (SSSR count). The summed E-state index contributed by atoms with van der Waals surface area (Å²) in [6.45, 7) is 0. The first-order valence-electron chi connectivity index (χ1n) is 4.89. The lowest BCUT2D eigenvalue weighted by Gasteiger charge is -2.06. The van der Waals surface area contributed by atoms with Gasteiger partial charge in [0.05, 0.1) is 5.56 Å². The van der Waals surface area contributed by atoms with Crippen LogP contribution in [0.4, 0.5) is 13.2 Å². The van der Waals surface area contributed by atoms with E-state index in [0.29, 0.717) is 0 Å². The molecule has 0 N–H and O–H groups in total. The number of aromatic nitrogens is 2. The maximum Gasteiger partial charge on any atom is 0.416 e. The van der Waals surface area contributed by atoms with E-state index >= 15 is 0 Å². The average Bonchev–Trinajstić information content (AvgIpc) is 2.77. The smallest absolute Gasteiger partial charge is 0.408 e. The summed E-state index contributed by atoms with van der Waals surface area (Å²) in [5.74, 6) is -0.286. The van der Waals surface area contributed by atoms with E-state index in [4.69, 9.17) is 4.42 Å². The van der Waals surface area contributed by atoms with Crippen molar-refractivity contribution in [3.8, 4) is 11.5 Å². The van der Waals surface area contributed by atoms with Crippen molar-refractivity contribution in [2.24, 2.45) is 0 Å². The van der Waals surface area contributed by atoms with E-state index in [2.05, 4.69) is 10.2 Å². The molecular weight excluding hydrogens is 285 g/mol. The van der Waals surface area contributed by atoms with E-state index in [1.54, 1.807) is 0 Å². The second kappa shape index (κ2) is 4.34. The minimum Gasteiger partial charge on any atom is -0.408 e. The first kappa shape index (κ1) is 13.5. The Morgan fingerprint density at radius 2 is 1.89 bits per heavy atom. The zero-order valence-electron chi connectivity index (χ0n) is 9.47. The van der Waals surface area contributed by atoms with E-state index in [-0.39, 0.29) is 11.5 Å². The van der Waals surface area contributed by atoms with Gasteiger partial charge in [-0.05, 0) is 18.2 Å². The number of halogens is 3. The second-order valence-corrected chi connectivity index (χ2v) is 5.62. The minimum absolute atomic E-state index is 0.00257. The molecular formula is C10H7F3N2O3S. The van der Waals surface area contributed by atoms with Crippen molar-refractivity contribution in [1.82, 2.24) is 10.2 Å². The number of sulfone groups is 1. The van der Waals surface area contributed by atoms with E-state index in [9.17, 15) is 21.6 Å². The van der Waals surface area contributed by atoms with Crippen molar-refractivity contribution in [3.63, 3.8) is 0 Å². The molecule has 5 nitrogen and oxygen atoms in total. The van der Waals surface area contributed by atoms with Gasteiger partial charge in [0.1, 0.15) is 0 Å². The van der Waals surface area contributed by atoms with Gasteiger partial charge in [0, 0.05) is 11.8 Å². The van der Waals surface area contributed by atoms with Crippen LogP contribution in [0.25, 0.3) is 11.5 Å². The Kier molecular flexibility index (Phi) is 3.09. The number of rotatable bonds is 2. The zero-order valence-corrected chi connectivity index (χ0v) is 10.3. The largest absolute Gasteiger partial charge is 0.416 e. The first-order chi connectivity index (χ1) is 8.68. The Bertz CT molecular complexity index is 707. The van der Waals surface area contributed by atoms with Gasteiger partial charge in [-0.2, -0.15) is 13.2 Å². The molecule has 0 fully saturated rings. The van der Waals surface area contributed by atoms with E-state index < -0.39 is 26.8 Å². The molecule has 0 atom stereocenters. The molecule has 2 aromatic rings. The van der Waals surface area contributed by atoms with E-state index in [1.165, 1.54) is 12.1 Å². The van der Waals surface area contributed by atoms with Crippen molar-refractivity contribution >= 4 is 9.84 Å². The van der Waals surface area contributed by atoms with Gasteiger partial charge < -0.3 is 4.42 Å². The molecule has 0 saturated heterocycles. The molecule has 0 aliphatic heterocycles. The number of alkyl halides is 3. The number of nitrogens with zero attached hydrogens (tertiary/aromatic N) is 2. The average molecular weight is 292 g/mol. The Hall–Kier alpha value is -1.90. The van der Waals surface area contributed by atoms with Crippen molar-refractivity contribution in [1.29, 1.82) is 0 Å². The SMILES string of the molecule is CS(=O)(=O)c1nnc(-c2cccc(C(F)(F)F)c2)o1. The predicted molar refractivity (Wildman–Crippen MR) is 57.8 cm³/mol. The summed E-state index contributed by atoms with van der Waals surface area (Å²) in [4.78, 5) is 0. The molecule has 0 saturated carbocycles. The van der Waals surface area contributed by atoms with Crippen LogP contribution < -0.4 is 0 Å². The summed E-state index contributed by atoms with van der Waals surface area (Å²) >= 11 is 0. The first-order valence-corrected chi connectivity index (χ1v) is 6.78. The lowest BCUT2D eigenvalue weighted by molar-refractivity contribution is -0.137. The van der Waals surface area contributed by atoms with Gasteiger partial charge >= 0.3 is 11.4 Å². The predicted octanol–water partition coefficient (Wildman–Crippen LogP) is 2.16. The highest BCUT2D eigenvalue weighted by Gasteiger charge is 2.31. The van der Waals surface area contributed by atoms with Crippen LogP contribution in [0.1, 0.15) is 5.56 Å². The molecule has 9 heteroatoms. The molecule has 0 unspecified atom stereocenters. The Balaban J connectivity index is 2.46. The fourth-order valence-electron chi connectivity index (χ4n) is 1.30. The third-order valence-electron chi connectivity index (χ3n) is 2.16. The van der Waals surface area contributed by atoms with Gasteiger partial charge in [-0.1, -0.05) is 11.2 Å².